The lowest BCUT2D eigenvalue weighted by Crippen LogP contribution is -2.13. The SMILES string of the molecule is COc1cc(C(C)=O)ccc1OCCCC(=O)Nc1ccccc1-c1cccs1. The number of rotatable bonds is 9. The molecule has 1 aromatic heterocycles. The van der Waals surface area contributed by atoms with E-state index in [4.69, 9.17) is 9.47 Å². The molecule has 0 saturated carbocycles. The monoisotopic (exact) mass is 409 g/mol. The molecule has 1 N–H and O–H groups in total. The first-order chi connectivity index (χ1) is 14.1. The normalized spacial score (nSPS) is 10.4. The van der Waals surface area contributed by atoms with Crippen LogP contribution in [0.2, 0.25) is 0 Å². The van der Waals surface area contributed by atoms with E-state index in [1.165, 1.54) is 14.0 Å². The number of nitrogens with one attached hydrogen (secondary N) is 1. The maximum Gasteiger partial charge on any atom is 0.224 e. The van der Waals surface area contributed by atoms with Gasteiger partial charge in [0.1, 0.15) is 0 Å². The van der Waals surface area contributed by atoms with Crippen LogP contribution in [0.15, 0.2) is 60.0 Å². The highest BCUT2D eigenvalue weighted by atomic mass is 32.1. The molecule has 1 amide bonds. The van der Waals surface area contributed by atoms with Gasteiger partial charge in [0.15, 0.2) is 17.3 Å². The first-order valence-corrected chi connectivity index (χ1v) is 10.2. The molecule has 0 saturated heterocycles. The Hall–Kier alpha value is -3.12. The van der Waals surface area contributed by atoms with Gasteiger partial charge in [-0.1, -0.05) is 24.3 Å². The van der Waals surface area contributed by atoms with Gasteiger partial charge in [-0.2, -0.15) is 0 Å². The van der Waals surface area contributed by atoms with Crippen molar-refractivity contribution in [2.45, 2.75) is 19.8 Å². The summed E-state index contributed by atoms with van der Waals surface area (Å²) in [5, 5.41) is 5.01. The molecule has 0 unspecified atom stereocenters. The molecule has 0 aliphatic heterocycles. The molecule has 0 fully saturated rings. The Balaban J connectivity index is 1.52. The Bertz CT molecular complexity index is 982. The van der Waals surface area contributed by atoms with Crippen molar-refractivity contribution in [3.8, 4) is 21.9 Å². The topological polar surface area (TPSA) is 64.6 Å². The minimum Gasteiger partial charge on any atom is -0.493 e. The number of carbonyl (C=O) groups excluding carboxylic acids is 2. The molecule has 3 aromatic rings. The lowest BCUT2D eigenvalue weighted by atomic mass is 10.1. The molecule has 150 valence electrons. The van der Waals surface area contributed by atoms with E-state index in [0.717, 1.165) is 16.1 Å². The Morgan fingerprint density at radius 2 is 1.86 bits per heavy atom. The second kappa shape index (κ2) is 9.89. The zero-order valence-corrected chi connectivity index (χ0v) is 17.3. The smallest absolute Gasteiger partial charge is 0.224 e. The van der Waals surface area contributed by atoms with Gasteiger partial charge in [-0.15, -0.1) is 11.3 Å². The van der Waals surface area contributed by atoms with Gasteiger partial charge in [0, 0.05) is 28.1 Å². The van der Waals surface area contributed by atoms with Crippen LogP contribution in [0.25, 0.3) is 10.4 Å². The van der Waals surface area contributed by atoms with Crippen LogP contribution in [0.3, 0.4) is 0 Å². The van der Waals surface area contributed by atoms with Crippen molar-refractivity contribution >= 4 is 28.7 Å². The molecular formula is C23H23NO4S. The van der Waals surface area contributed by atoms with E-state index in [1.807, 2.05) is 41.8 Å². The van der Waals surface area contributed by atoms with Gasteiger partial charge < -0.3 is 14.8 Å². The van der Waals surface area contributed by atoms with E-state index in [1.54, 1.807) is 29.5 Å². The molecule has 0 aliphatic rings. The van der Waals surface area contributed by atoms with E-state index < -0.39 is 0 Å². The number of anilines is 1. The van der Waals surface area contributed by atoms with Gasteiger partial charge >= 0.3 is 0 Å². The van der Waals surface area contributed by atoms with Crippen LogP contribution in [-0.4, -0.2) is 25.4 Å². The third-order valence-electron chi connectivity index (χ3n) is 4.36. The maximum atomic E-state index is 12.4. The van der Waals surface area contributed by atoms with Crippen LogP contribution in [0.1, 0.15) is 30.1 Å². The quantitative estimate of drug-likeness (QED) is 0.378. The molecule has 0 bridgehead atoms. The molecular weight excluding hydrogens is 386 g/mol. The first-order valence-electron chi connectivity index (χ1n) is 9.33. The second-order valence-corrected chi connectivity index (χ2v) is 7.39. The van der Waals surface area contributed by atoms with Crippen LogP contribution >= 0.6 is 11.3 Å². The van der Waals surface area contributed by atoms with E-state index in [9.17, 15) is 9.59 Å². The maximum absolute atomic E-state index is 12.4. The fourth-order valence-electron chi connectivity index (χ4n) is 2.87. The minimum atomic E-state index is -0.0588. The Kier molecular flexibility index (Phi) is 7.03. The summed E-state index contributed by atoms with van der Waals surface area (Å²) in [5.74, 6) is 0.971. The van der Waals surface area contributed by atoms with Gasteiger partial charge in [-0.3, -0.25) is 9.59 Å². The summed E-state index contributed by atoms with van der Waals surface area (Å²) in [5.41, 5.74) is 2.39. The average molecular weight is 410 g/mol. The van der Waals surface area contributed by atoms with Crippen LogP contribution in [-0.2, 0) is 4.79 Å². The zero-order chi connectivity index (χ0) is 20.6. The van der Waals surface area contributed by atoms with Gasteiger partial charge in [0.25, 0.3) is 0 Å². The average Bonchev–Trinajstić information content (AvgIpc) is 3.26. The molecule has 6 heteroatoms. The van der Waals surface area contributed by atoms with Gasteiger partial charge in [-0.25, -0.2) is 0 Å². The van der Waals surface area contributed by atoms with Crippen molar-refractivity contribution in [2.75, 3.05) is 19.0 Å². The van der Waals surface area contributed by atoms with E-state index in [0.29, 0.717) is 36.5 Å². The number of thiophene rings is 1. The Morgan fingerprint density at radius 3 is 2.59 bits per heavy atom. The van der Waals surface area contributed by atoms with Crippen molar-refractivity contribution in [2.24, 2.45) is 0 Å². The Morgan fingerprint density at radius 1 is 1.03 bits per heavy atom. The largest absolute Gasteiger partial charge is 0.493 e. The van der Waals surface area contributed by atoms with Gasteiger partial charge in [-0.05, 0) is 49.1 Å². The number of benzene rings is 2. The fourth-order valence-corrected chi connectivity index (χ4v) is 3.64. The van der Waals surface area contributed by atoms with Crippen LogP contribution in [0, 0.1) is 0 Å². The van der Waals surface area contributed by atoms with E-state index in [2.05, 4.69) is 5.32 Å². The van der Waals surface area contributed by atoms with Gasteiger partial charge in [0.05, 0.1) is 13.7 Å². The summed E-state index contributed by atoms with van der Waals surface area (Å²) in [4.78, 5) is 24.9. The van der Waals surface area contributed by atoms with Crippen molar-refractivity contribution < 1.29 is 19.1 Å². The van der Waals surface area contributed by atoms with Crippen molar-refractivity contribution in [3.05, 3.63) is 65.5 Å². The van der Waals surface area contributed by atoms with Crippen LogP contribution in [0.4, 0.5) is 5.69 Å². The number of ether oxygens (including phenoxy) is 2. The number of amides is 1. The highest BCUT2D eigenvalue weighted by Crippen LogP contribution is 2.31. The summed E-state index contributed by atoms with van der Waals surface area (Å²) in [6, 6.07) is 16.9. The number of hydrogen-bond acceptors (Lipinski definition) is 5. The molecule has 5 nitrogen and oxygen atoms in total. The number of Topliss-reactive ketones (excluding diaryl/α,β-unsaturated/α-hetero) is 1. The van der Waals surface area contributed by atoms with Crippen molar-refractivity contribution in [3.63, 3.8) is 0 Å². The van der Waals surface area contributed by atoms with Crippen LogP contribution in [0.5, 0.6) is 11.5 Å². The number of para-hydroxylation sites is 1. The van der Waals surface area contributed by atoms with Crippen molar-refractivity contribution in [1.29, 1.82) is 0 Å². The summed E-state index contributed by atoms with van der Waals surface area (Å²) in [6.45, 7) is 1.88. The van der Waals surface area contributed by atoms with Crippen LogP contribution < -0.4 is 14.8 Å². The molecule has 0 radical (unpaired) electrons. The second-order valence-electron chi connectivity index (χ2n) is 6.44. The molecule has 3 rings (SSSR count). The first kappa shape index (κ1) is 20.6. The standard InChI is InChI=1S/C23H23NO4S/c1-16(25)17-11-12-20(21(15-17)27-2)28-13-5-10-23(26)24-19-8-4-3-7-18(19)22-9-6-14-29-22/h3-4,6-9,11-12,14-15H,5,10,13H2,1-2H3,(H,24,26). The number of carbonyl (C=O) groups is 2. The highest BCUT2D eigenvalue weighted by molar-refractivity contribution is 7.13. The predicted molar refractivity (Wildman–Crippen MR) is 116 cm³/mol. The lowest BCUT2D eigenvalue weighted by Gasteiger charge is -2.12. The molecule has 0 atom stereocenters. The predicted octanol–water partition coefficient (Wildman–Crippen LogP) is 5.42. The van der Waals surface area contributed by atoms with Gasteiger partial charge in [0.2, 0.25) is 5.91 Å². The molecule has 0 aliphatic carbocycles. The molecule has 0 spiro atoms. The number of methoxy groups -OCH3 is 1. The summed E-state index contributed by atoms with van der Waals surface area (Å²) in [7, 11) is 1.53. The summed E-state index contributed by atoms with van der Waals surface area (Å²) < 4.78 is 11.0. The Labute approximate surface area is 174 Å². The minimum absolute atomic E-state index is 0.0330. The fraction of sp³-hybridized carbons (Fsp3) is 0.217. The summed E-state index contributed by atoms with van der Waals surface area (Å²) >= 11 is 1.64. The number of hydrogen-bond donors (Lipinski definition) is 1. The molecule has 29 heavy (non-hydrogen) atoms. The summed E-state index contributed by atoms with van der Waals surface area (Å²) in [6.07, 6.45) is 0.900. The third kappa shape index (κ3) is 5.45. The lowest BCUT2D eigenvalue weighted by molar-refractivity contribution is -0.116. The van der Waals surface area contributed by atoms with Crippen molar-refractivity contribution in [1.82, 2.24) is 0 Å². The highest BCUT2D eigenvalue weighted by Gasteiger charge is 2.11. The molecule has 2 aromatic carbocycles. The number of ketones is 1. The van der Waals surface area contributed by atoms with E-state index in [-0.39, 0.29) is 11.7 Å². The third-order valence-corrected chi connectivity index (χ3v) is 5.27. The van der Waals surface area contributed by atoms with E-state index >= 15 is 0 Å². The molecule has 1 heterocycles. The zero-order valence-electron chi connectivity index (χ0n) is 16.4.